The van der Waals surface area contributed by atoms with Crippen LogP contribution >= 0.6 is 11.8 Å². The summed E-state index contributed by atoms with van der Waals surface area (Å²) in [5, 5.41) is 10.7. The van der Waals surface area contributed by atoms with Crippen molar-refractivity contribution in [3.63, 3.8) is 0 Å². The molecule has 0 aliphatic carbocycles. The molecule has 4 heteroatoms. The minimum atomic E-state index is -2.98. The van der Waals surface area contributed by atoms with Crippen LogP contribution in [0.1, 0.15) is 0 Å². The van der Waals surface area contributed by atoms with Gasteiger partial charge >= 0.3 is 0 Å². The summed E-state index contributed by atoms with van der Waals surface area (Å²) >= 11 is 1.93. The van der Waals surface area contributed by atoms with Gasteiger partial charge in [0.15, 0.2) is 8.07 Å². The van der Waals surface area contributed by atoms with Gasteiger partial charge in [0.1, 0.15) is 0 Å². The molecule has 1 unspecified atom stereocenters. The highest BCUT2D eigenvalue weighted by Crippen LogP contribution is 2.41. The van der Waals surface area contributed by atoms with Crippen molar-refractivity contribution in [1.82, 2.24) is 9.13 Å². The molecule has 58 heavy (non-hydrogen) atoms. The molecule has 0 fully saturated rings. The summed E-state index contributed by atoms with van der Waals surface area (Å²) < 4.78 is 4.94. The second-order valence-corrected chi connectivity index (χ2v) is 20.0. The Hall–Kier alpha value is -6.85. The molecule has 0 saturated heterocycles. The monoisotopic (exact) mass is 772 g/mol. The van der Waals surface area contributed by atoms with Gasteiger partial charge in [0.2, 0.25) is 0 Å². The molecule has 1 atom stereocenters. The van der Waals surface area contributed by atoms with Gasteiger partial charge in [0, 0.05) is 37.0 Å². The van der Waals surface area contributed by atoms with Crippen LogP contribution in [0, 0.1) is 0 Å². The molecule has 11 aromatic rings. The molecule has 0 bridgehead atoms. The lowest BCUT2D eigenvalue weighted by Gasteiger charge is -2.41. The number of hydrogen-bond acceptors (Lipinski definition) is 1. The van der Waals surface area contributed by atoms with E-state index in [1.807, 2.05) is 11.8 Å². The number of para-hydroxylation sites is 4. The summed E-state index contributed by atoms with van der Waals surface area (Å²) in [7, 11) is -2.98. The summed E-state index contributed by atoms with van der Waals surface area (Å²) in [6.07, 6.45) is 0. The molecule has 1 aliphatic heterocycles. The standard InChI is InChI=1S/C54H36N2SSi/c1-3-16-37(17-4-1)38-30-35-51-53(36-38)58(40-18-5-2-6-19-40,41-33-31-39(32-34-41)55-46-24-11-7-20-42(46)43-21-8-12-25-47(43)55)52-29-15-28-50(54(52)57-51)56-48-26-13-9-22-44(48)45-23-10-14-27-49(45)56/h1-36H. The van der Waals surface area contributed by atoms with Crippen molar-refractivity contribution >= 4 is 84.2 Å². The summed E-state index contributed by atoms with van der Waals surface area (Å²) in [6.45, 7) is 0. The second kappa shape index (κ2) is 13.1. The lowest BCUT2D eigenvalue weighted by atomic mass is 10.1. The SMILES string of the molecule is c1ccc(-c2ccc3c(c2)[Si](c2ccccc2)(c2ccc(-n4c5ccccc5c5ccccc54)cc2)c2cccc(-n4c5ccccc5c5ccccc54)c2S3)cc1. The second-order valence-electron chi connectivity index (χ2n) is 15.2. The molecule has 9 aromatic carbocycles. The van der Waals surface area contributed by atoms with Crippen LogP contribution in [0.4, 0.5) is 0 Å². The maximum absolute atomic E-state index is 2.98. The van der Waals surface area contributed by atoms with Crippen LogP contribution in [0.2, 0.25) is 0 Å². The molecule has 2 aromatic heterocycles. The van der Waals surface area contributed by atoms with Crippen LogP contribution in [0.15, 0.2) is 228 Å². The van der Waals surface area contributed by atoms with Crippen LogP contribution in [0.3, 0.4) is 0 Å². The molecule has 0 radical (unpaired) electrons. The lowest BCUT2D eigenvalue weighted by Crippen LogP contribution is -2.76. The summed E-state index contributed by atoms with van der Waals surface area (Å²) in [5.41, 5.74) is 9.78. The van der Waals surface area contributed by atoms with Gasteiger partial charge in [0.25, 0.3) is 0 Å². The molecule has 12 rings (SSSR count). The predicted molar refractivity (Wildman–Crippen MR) is 248 cm³/mol. The zero-order chi connectivity index (χ0) is 38.2. The van der Waals surface area contributed by atoms with Gasteiger partial charge in [-0.2, -0.15) is 0 Å². The Balaban J connectivity index is 1.17. The van der Waals surface area contributed by atoms with E-state index in [0.717, 1.165) is 0 Å². The van der Waals surface area contributed by atoms with E-state index >= 15 is 0 Å². The molecule has 3 heterocycles. The maximum Gasteiger partial charge on any atom is 0.181 e. The zero-order valence-electron chi connectivity index (χ0n) is 31.6. The first kappa shape index (κ1) is 33.3. The number of rotatable bonds is 5. The van der Waals surface area contributed by atoms with E-state index in [2.05, 4.69) is 228 Å². The van der Waals surface area contributed by atoms with Crippen molar-refractivity contribution < 1.29 is 0 Å². The number of hydrogen-bond donors (Lipinski definition) is 0. The minimum absolute atomic E-state index is 1.17. The first-order valence-electron chi connectivity index (χ1n) is 19.9. The highest BCUT2D eigenvalue weighted by Gasteiger charge is 2.48. The molecule has 0 spiro atoms. The molecule has 1 aliphatic rings. The zero-order valence-corrected chi connectivity index (χ0v) is 33.4. The maximum atomic E-state index is 2.52. The minimum Gasteiger partial charge on any atom is -0.309 e. The molecule has 2 nitrogen and oxygen atoms in total. The quantitative estimate of drug-likeness (QED) is 0.158. The smallest absolute Gasteiger partial charge is 0.181 e. The van der Waals surface area contributed by atoms with Crippen molar-refractivity contribution in [2.45, 2.75) is 9.79 Å². The fourth-order valence-electron chi connectivity index (χ4n) is 9.80. The van der Waals surface area contributed by atoms with Crippen LogP contribution in [0.25, 0.3) is 66.1 Å². The highest BCUT2D eigenvalue weighted by atomic mass is 32.2. The summed E-state index contributed by atoms with van der Waals surface area (Å²) in [4.78, 5) is 2.65. The van der Waals surface area contributed by atoms with Crippen molar-refractivity contribution in [3.05, 3.63) is 218 Å². The number of benzene rings is 9. The third-order valence-electron chi connectivity index (χ3n) is 12.3. The summed E-state index contributed by atoms with van der Waals surface area (Å²) in [6, 6.07) is 81.5. The highest BCUT2D eigenvalue weighted by molar-refractivity contribution is 8.00. The Kier molecular flexibility index (Phi) is 7.52. The molecular formula is C54H36N2SSi. The molecule has 0 saturated carbocycles. The normalized spacial score (nSPS) is 14.9. The predicted octanol–water partition coefficient (Wildman–Crippen LogP) is 11.4. The topological polar surface area (TPSA) is 9.86 Å². The van der Waals surface area contributed by atoms with Crippen LogP contribution in [0.5, 0.6) is 0 Å². The van der Waals surface area contributed by atoms with Gasteiger partial charge in [-0.15, -0.1) is 0 Å². The van der Waals surface area contributed by atoms with E-state index in [0.29, 0.717) is 0 Å². The van der Waals surface area contributed by atoms with Crippen molar-refractivity contribution in [3.8, 4) is 22.5 Å². The van der Waals surface area contributed by atoms with Crippen molar-refractivity contribution in [2.24, 2.45) is 0 Å². The molecule has 0 amide bonds. The van der Waals surface area contributed by atoms with Crippen LogP contribution < -0.4 is 20.7 Å². The Morgan fingerprint density at radius 3 is 1.43 bits per heavy atom. The Morgan fingerprint density at radius 2 is 0.845 bits per heavy atom. The Labute approximate surface area is 342 Å². The fourth-order valence-corrected chi connectivity index (χ4v) is 16.9. The third kappa shape index (κ3) is 4.79. The number of nitrogens with zero attached hydrogens (tertiary/aromatic N) is 2. The Morgan fingerprint density at radius 1 is 0.345 bits per heavy atom. The Bertz CT molecular complexity index is 3260. The van der Waals surface area contributed by atoms with E-state index in [1.165, 1.54) is 96.7 Å². The average molecular weight is 773 g/mol. The van der Waals surface area contributed by atoms with Crippen molar-refractivity contribution in [2.75, 3.05) is 0 Å². The van der Waals surface area contributed by atoms with E-state index in [-0.39, 0.29) is 0 Å². The van der Waals surface area contributed by atoms with E-state index in [1.54, 1.807) is 0 Å². The van der Waals surface area contributed by atoms with Gasteiger partial charge < -0.3 is 9.13 Å². The van der Waals surface area contributed by atoms with Gasteiger partial charge in [-0.1, -0.05) is 182 Å². The first-order valence-corrected chi connectivity index (χ1v) is 22.8. The fraction of sp³-hybridized carbons (Fsp3) is 0. The molecular weight excluding hydrogens is 737 g/mol. The molecule has 0 N–H and O–H groups in total. The van der Waals surface area contributed by atoms with E-state index < -0.39 is 8.07 Å². The van der Waals surface area contributed by atoms with Crippen molar-refractivity contribution in [1.29, 1.82) is 0 Å². The van der Waals surface area contributed by atoms with E-state index in [4.69, 9.17) is 0 Å². The third-order valence-corrected chi connectivity index (χ3v) is 18.7. The van der Waals surface area contributed by atoms with Crippen LogP contribution in [-0.2, 0) is 0 Å². The van der Waals surface area contributed by atoms with Gasteiger partial charge in [-0.3, -0.25) is 0 Å². The van der Waals surface area contributed by atoms with Crippen LogP contribution in [-0.4, -0.2) is 17.2 Å². The molecule has 272 valence electrons. The number of aromatic nitrogens is 2. The van der Waals surface area contributed by atoms with Gasteiger partial charge in [-0.25, -0.2) is 0 Å². The van der Waals surface area contributed by atoms with Gasteiger partial charge in [-0.05, 0) is 80.4 Å². The average Bonchev–Trinajstić information content (AvgIpc) is 3.82. The van der Waals surface area contributed by atoms with Gasteiger partial charge in [0.05, 0.1) is 27.8 Å². The van der Waals surface area contributed by atoms with E-state index in [9.17, 15) is 0 Å². The number of fused-ring (bicyclic) bond motifs is 8. The first-order chi connectivity index (χ1) is 28.8. The lowest BCUT2D eigenvalue weighted by molar-refractivity contribution is 1.13. The largest absolute Gasteiger partial charge is 0.309 e. The summed E-state index contributed by atoms with van der Waals surface area (Å²) in [5.74, 6) is 0.